The van der Waals surface area contributed by atoms with Gasteiger partial charge < -0.3 is 16.3 Å². The molecule has 0 aliphatic heterocycles. The number of hydrogen-bond acceptors (Lipinski definition) is 3. The molecule has 0 aromatic rings. The maximum Gasteiger partial charge on any atom is 0.140 e. The first-order valence-corrected chi connectivity index (χ1v) is 3.78. The fourth-order valence-electron chi connectivity index (χ4n) is 0.982. The zero-order chi connectivity index (χ0) is 8.85. The van der Waals surface area contributed by atoms with Gasteiger partial charge in [0.25, 0.3) is 0 Å². The zero-order valence-corrected chi connectivity index (χ0v) is 7.33. The number of hydrogen-bond donors (Lipinski definition) is 3. The molecule has 0 aromatic carbocycles. The van der Waals surface area contributed by atoms with E-state index in [0.29, 0.717) is 12.5 Å². The van der Waals surface area contributed by atoms with Crippen LogP contribution in [0.2, 0.25) is 0 Å². The Balaban J connectivity index is 3.60. The molecule has 0 aromatic heterocycles. The molecule has 0 aliphatic carbocycles. The molecule has 0 aliphatic rings. The summed E-state index contributed by atoms with van der Waals surface area (Å²) >= 11 is 0. The van der Waals surface area contributed by atoms with Crippen LogP contribution in [0.5, 0.6) is 0 Å². The molecule has 0 saturated carbocycles. The summed E-state index contributed by atoms with van der Waals surface area (Å²) in [6.45, 7) is 6.11. The third-order valence-corrected chi connectivity index (χ3v) is 1.26. The number of nitrogens with zero attached hydrogens (tertiary/aromatic N) is 1. The zero-order valence-electron chi connectivity index (χ0n) is 7.33. The van der Waals surface area contributed by atoms with E-state index in [-0.39, 0.29) is 11.9 Å². The highest BCUT2D eigenvalue weighted by Gasteiger charge is 2.05. The number of oxime groups is 1. The van der Waals surface area contributed by atoms with Crippen LogP contribution in [0.15, 0.2) is 5.16 Å². The molecule has 1 atom stereocenters. The molecule has 0 heterocycles. The first-order valence-electron chi connectivity index (χ1n) is 3.78. The van der Waals surface area contributed by atoms with E-state index >= 15 is 0 Å². The van der Waals surface area contributed by atoms with Crippen LogP contribution in [0, 0.1) is 0 Å². The summed E-state index contributed by atoms with van der Waals surface area (Å²) in [5.41, 5.74) is 5.31. The Bertz CT molecular complexity index is 134. The van der Waals surface area contributed by atoms with Gasteiger partial charge in [-0.15, -0.1) is 0 Å². The summed E-state index contributed by atoms with van der Waals surface area (Å²) < 4.78 is 0. The lowest BCUT2D eigenvalue weighted by Gasteiger charge is -2.15. The maximum atomic E-state index is 8.25. The molecule has 1 unspecified atom stereocenters. The molecule has 4 heteroatoms. The Hall–Kier alpha value is -0.770. The quantitative estimate of drug-likeness (QED) is 0.242. The summed E-state index contributed by atoms with van der Waals surface area (Å²) in [5.74, 6) is 0.269. The molecular formula is C7H17N3O. The molecule has 0 amide bonds. The average molecular weight is 159 g/mol. The predicted octanol–water partition coefficient (Wildman–Crippen LogP) is 0.509. The summed E-state index contributed by atoms with van der Waals surface area (Å²) in [6, 6.07) is 0.683. The molecule has 4 nitrogen and oxygen atoms in total. The minimum Gasteiger partial charge on any atom is -0.409 e. The van der Waals surface area contributed by atoms with Crippen molar-refractivity contribution < 1.29 is 5.21 Å². The molecule has 0 bridgehead atoms. The topological polar surface area (TPSA) is 70.6 Å². The second-order valence-corrected chi connectivity index (χ2v) is 3.02. The van der Waals surface area contributed by atoms with Crippen molar-refractivity contribution in [3.63, 3.8) is 0 Å². The van der Waals surface area contributed by atoms with Crippen LogP contribution in [0.3, 0.4) is 0 Å². The minimum atomic E-state index is 0.255. The van der Waals surface area contributed by atoms with Gasteiger partial charge in [-0.2, -0.15) is 0 Å². The second kappa shape index (κ2) is 4.96. The molecule has 4 N–H and O–H groups in total. The first kappa shape index (κ1) is 10.2. The lowest BCUT2D eigenvalue weighted by molar-refractivity contribution is 0.315. The monoisotopic (exact) mass is 159 g/mol. The molecule has 66 valence electrons. The average Bonchev–Trinajstić information content (AvgIpc) is 1.85. The van der Waals surface area contributed by atoms with Gasteiger partial charge in [-0.05, 0) is 6.92 Å². The lowest BCUT2D eigenvalue weighted by Crippen LogP contribution is -2.35. The number of amidine groups is 1. The van der Waals surface area contributed by atoms with Crippen LogP contribution in [0.4, 0.5) is 0 Å². The van der Waals surface area contributed by atoms with Crippen molar-refractivity contribution >= 4 is 5.84 Å². The highest BCUT2D eigenvalue weighted by atomic mass is 16.4. The van der Waals surface area contributed by atoms with Gasteiger partial charge in [0, 0.05) is 18.5 Å². The van der Waals surface area contributed by atoms with Gasteiger partial charge in [0.1, 0.15) is 5.84 Å². The Morgan fingerprint density at radius 1 is 1.55 bits per heavy atom. The van der Waals surface area contributed by atoms with Gasteiger partial charge in [0.15, 0.2) is 0 Å². The molecular weight excluding hydrogens is 142 g/mol. The van der Waals surface area contributed by atoms with E-state index in [1.165, 1.54) is 0 Å². The van der Waals surface area contributed by atoms with Gasteiger partial charge >= 0.3 is 0 Å². The lowest BCUT2D eigenvalue weighted by atomic mass is 10.2. The number of rotatable bonds is 4. The summed E-state index contributed by atoms with van der Waals surface area (Å²) in [6.07, 6.45) is 0.578. The van der Waals surface area contributed by atoms with Crippen LogP contribution < -0.4 is 11.1 Å². The van der Waals surface area contributed by atoms with Gasteiger partial charge in [-0.3, -0.25) is 0 Å². The van der Waals surface area contributed by atoms with Crippen LogP contribution >= 0.6 is 0 Å². The van der Waals surface area contributed by atoms with Gasteiger partial charge in [0.2, 0.25) is 0 Å². The standard InChI is InChI=1S/C7H17N3O/c1-5(2)9-6(3)4-7(8)10-11/h5-6,9,11H,4H2,1-3H3,(H2,8,10). The van der Waals surface area contributed by atoms with E-state index in [0.717, 1.165) is 0 Å². The normalized spacial score (nSPS) is 15.5. The fourth-order valence-corrected chi connectivity index (χ4v) is 0.982. The van der Waals surface area contributed by atoms with Crippen molar-refractivity contribution in [2.75, 3.05) is 0 Å². The smallest absolute Gasteiger partial charge is 0.140 e. The molecule has 11 heavy (non-hydrogen) atoms. The number of nitrogens with two attached hydrogens (primary N) is 1. The molecule has 0 fully saturated rings. The van der Waals surface area contributed by atoms with Crippen molar-refractivity contribution in [1.29, 1.82) is 0 Å². The van der Waals surface area contributed by atoms with E-state index in [9.17, 15) is 0 Å². The molecule has 0 saturated heterocycles. The van der Waals surface area contributed by atoms with Crippen molar-refractivity contribution in [2.24, 2.45) is 10.9 Å². The van der Waals surface area contributed by atoms with Crippen molar-refractivity contribution in [2.45, 2.75) is 39.3 Å². The Morgan fingerprint density at radius 3 is 2.45 bits per heavy atom. The largest absolute Gasteiger partial charge is 0.409 e. The Labute approximate surface area is 67.5 Å². The summed E-state index contributed by atoms with van der Waals surface area (Å²) in [4.78, 5) is 0. The van der Waals surface area contributed by atoms with Crippen LogP contribution in [-0.4, -0.2) is 23.1 Å². The van der Waals surface area contributed by atoms with Crippen molar-refractivity contribution in [3.8, 4) is 0 Å². The highest BCUT2D eigenvalue weighted by Crippen LogP contribution is 1.92. The fraction of sp³-hybridized carbons (Fsp3) is 0.857. The van der Waals surface area contributed by atoms with Gasteiger partial charge in [0.05, 0.1) is 0 Å². The SMILES string of the molecule is CC(C)NC(C)CC(N)=NO. The van der Waals surface area contributed by atoms with Crippen LogP contribution in [0.25, 0.3) is 0 Å². The minimum absolute atomic E-state index is 0.255. The van der Waals surface area contributed by atoms with E-state index in [2.05, 4.69) is 24.3 Å². The third-order valence-electron chi connectivity index (χ3n) is 1.26. The summed E-state index contributed by atoms with van der Waals surface area (Å²) in [7, 11) is 0. The third kappa shape index (κ3) is 5.66. The van der Waals surface area contributed by atoms with E-state index in [4.69, 9.17) is 10.9 Å². The van der Waals surface area contributed by atoms with Gasteiger partial charge in [-0.1, -0.05) is 19.0 Å². The van der Waals surface area contributed by atoms with Crippen molar-refractivity contribution in [3.05, 3.63) is 0 Å². The Morgan fingerprint density at radius 2 is 2.09 bits per heavy atom. The highest BCUT2D eigenvalue weighted by molar-refractivity contribution is 5.80. The molecule has 0 radical (unpaired) electrons. The molecule has 0 rings (SSSR count). The van der Waals surface area contributed by atoms with E-state index in [1.54, 1.807) is 0 Å². The molecule has 0 spiro atoms. The second-order valence-electron chi connectivity index (χ2n) is 3.02. The predicted molar refractivity (Wildman–Crippen MR) is 45.8 cm³/mol. The maximum absolute atomic E-state index is 8.25. The summed E-state index contributed by atoms with van der Waals surface area (Å²) in [5, 5.41) is 14.4. The van der Waals surface area contributed by atoms with E-state index < -0.39 is 0 Å². The van der Waals surface area contributed by atoms with Crippen molar-refractivity contribution in [1.82, 2.24) is 5.32 Å². The first-order chi connectivity index (χ1) is 5.06. The van der Waals surface area contributed by atoms with Crippen LogP contribution in [0.1, 0.15) is 27.2 Å². The van der Waals surface area contributed by atoms with Gasteiger partial charge in [-0.25, -0.2) is 0 Å². The number of nitrogens with one attached hydrogen (secondary N) is 1. The Kier molecular flexibility index (Phi) is 4.61. The van der Waals surface area contributed by atoms with E-state index in [1.807, 2.05) is 6.92 Å². The van der Waals surface area contributed by atoms with Crippen LogP contribution in [-0.2, 0) is 0 Å².